The molecule has 0 spiro atoms. The molecular formula is C48H49N5. The van der Waals surface area contributed by atoms with Crippen LogP contribution in [0.2, 0.25) is 0 Å². The average molecular weight is 696 g/mol. The first kappa shape index (κ1) is 34.6. The van der Waals surface area contributed by atoms with Crippen LogP contribution in [0.4, 0.5) is 0 Å². The minimum atomic E-state index is -0.251. The molecule has 0 saturated heterocycles. The molecule has 1 heterocycles. The largest absolute Gasteiger partial charge is 0.387 e. The number of hydrogen-bond donors (Lipinski definition) is 2. The zero-order chi connectivity index (χ0) is 37.4. The van der Waals surface area contributed by atoms with Crippen LogP contribution in [-0.4, -0.2) is 16.2 Å². The molecule has 0 bridgehead atoms. The number of nitrogens with zero attached hydrogens (tertiary/aromatic N) is 3. The minimum Gasteiger partial charge on any atom is -0.387 e. The number of nitrogens with one attached hydrogen (secondary N) is 1. The Balaban J connectivity index is 0.000000166. The van der Waals surface area contributed by atoms with E-state index in [2.05, 4.69) is 143 Å². The molecule has 3 N–H and O–H groups in total. The second-order valence-electron chi connectivity index (χ2n) is 16.8. The summed E-state index contributed by atoms with van der Waals surface area (Å²) in [5, 5.41) is 19.8. The van der Waals surface area contributed by atoms with Gasteiger partial charge in [-0.15, -0.1) is 0 Å². The third-order valence-electron chi connectivity index (χ3n) is 12.7. The third-order valence-corrected chi connectivity index (χ3v) is 12.7. The van der Waals surface area contributed by atoms with Gasteiger partial charge in [-0.1, -0.05) is 133 Å². The molecule has 2 unspecified atom stereocenters. The Morgan fingerprint density at radius 3 is 2.08 bits per heavy atom. The Kier molecular flexibility index (Phi) is 8.04. The van der Waals surface area contributed by atoms with Crippen LogP contribution >= 0.6 is 0 Å². The van der Waals surface area contributed by atoms with Gasteiger partial charge in [0.15, 0.2) is 5.84 Å². The van der Waals surface area contributed by atoms with Crippen molar-refractivity contribution < 1.29 is 0 Å². The molecule has 5 heteroatoms. The van der Waals surface area contributed by atoms with E-state index in [1.165, 1.54) is 66.3 Å². The van der Waals surface area contributed by atoms with Crippen LogP contribution in [0.3, 0.4) is 0 Å². The van der Waals surface area contributed by atoms with Crippen LogP contribution in [-0.2, 0) is 17.9 Å². The van der Waals surface area contributed by atoms with Gasteiger partial charge in [0.1, 0.15) is 5.84 Å². The number of aryl methyl sites for hydroxylation is 1. The van der Waals surface area contributed by atoms with Crippen molar-refractivity contribution in [1.82, 2.24) is 4.57 Å². The molecule has 4 aromatic carbocycles. The third kappa shape index (κ3) is 5.17. The van der Waals surface area contributed by atoms with E-state index in [9.17, 15) is 0 Å². The molecule has 9 rings (SSSR count). The van der Waals surface area contributed by atoms with Gasteiger partial charge in [-0.25, -0.2) is 4.99 Å². The molecule has 5 aromatic rings. The van der Waals surface area contributed by atoms with Crippen molar-refractivity contribution in [3.8, 4) is 28.3 Å². The summed E-state index contributed by atoms with van der Waals surface area (Å²) in [7, 11) is 2.25. The maximum absolute atomic E-state index is 8.91. The summed E-state index contributed by atoms with van der Waals surface area (Å²) in [4.78, 5) is 4.32. The number of fused-ring (bicyclic) bond motifs is 12. The van der Waals surface area contributed by atoms with Crippen LogP contribution in [0.15, 0.2) is 113 Å². The second-order valence-corrected chi connectivity index (χ2v) is 16.8. The number of nitrogens with two attached hydrogens (primary N) is 1. The first-order valence-corrected chi connectivity index (χ1v) is 19.0. The summed E-state index contributed by atoms with van der Waals surface area (Å²) < 4.78 is 2.44. The zero-order valence-corrected chi connectivity index (χ0v) is 32.1. The van der Waals surface area contributed by atoms with Crippen molar-refractivity contribution in [3.05, 3.63) is 131 Å². The highest BCUT2D eigenvalue weighted by atomic mass is 14.9. The van der Waals surface area contributed by atoms with Crippen LogP contribution in [0.25, 0.3) is 44.1 Å². The van der Waals surface area contributed by atoms with Gasteiger partial charge in [0.25, 0.3) is 0 Å². The van der Waals surface area contributed by atoms with Gasteiger partial charge < -0.3 is 10.3 Å². The molecule has 4 aliphatic carbocycles. The van der Waals surface area contributed by atoms with Crippen LogP contribution in [0.5, 0.6) is 0 Å². The number of allylic oxidation sites excluding steroid dienone is 4. The van der Waals surface area contributed by atoms with E-state index in [-0.39, 0.29) is 22.1 Å². The van der Waals surface area contributed by atoms with Crippen molar-refractivity contribution in [2.75, 3.05) is 0 Å². The lowest BCUT2D eigenvalue weighted by molar-refractivity contribution is 0.413. The Bertz CT molecular complexity index is 2540. The van der Waals surface area contributed by atoms with E-state index < -0.39 is 0 Å². The molecule has 0 fully saturated rings. The summed E-state index contributed by atoms with van der Waals surface area (Å²) in [6, 6.07) is 29.3. The van der Waals surface area contributed by atoms with Gasteiger partial charge in [-0.05, 0) is 76.6 Å². The van der Waals surface area contributed by atoms with Crippen molar-refractivity contribution >= 4 is 33.5 Å². The van der Waals surface area contributed by atoms with Crippen molar-refractivity contribution in [1.29, 1.82) is 10.7 Å². The Morgan fingerprint density at radius 2 is 1.47 bits per heavy atom. The van der Waals surface area contributed by atoms with E-state index >= 15 is 0 Å². The highest BCUT2D eigenvalue weighted by molar-refractivity contribution is 6.22. The van der Waals surface area contributed by atoms with E-state index in [1.54, 1.807) is 0 Å². The number of rotatable bonds is 2. The summed E-state index contributed by atoms with van der Waals surface area (Å²) in [5.74, 6) is 1.24. The average Bonchev–Trinajstić information content (AvgIpc) is 3.68. The number of aromatic nitrogens is 1. The van der Waals surface area contributed by atoms with Crippen LogP contribution < -0.4 is 5.73 Å². The van der Waals surface area contributed by atoms with E-state index in [0.29, 0.717) is 18.2 Å². The number of amidine groups is 2. The van der Waals surface area contributed by atoms with Gasteiger partial charge in [-0.2, -0.15) is 5.26 Å². The lowest BCUT2D eigenvalue weighted by Gasteiger charge is -2.31. The molecule has 0 amide bonds. The van der Waals surface area contributed by atoms with Crippen LogP contribution in [0.1, 0.15) is 89.5 Å². The number of aliphatic imine (C=N–C) groups is 1. The summed E-state index contributed by atoms with van der Waals surface area (Å²) in [6.45, 7) is 13.9. The molecule has 0 aliphatic heterocycles. The van der Waals surface area contributed by atoms with E-state index in [0.717, 1.165) is 30.4 Å². The normalized spacial score (nSPS) is 21.8. The fourth-order valence-electron chi connectivity index (χ4n) is 9.50. The Hall–Kier alpha value is -5.47. The first-order chi connectivity index (χ1) is 25.3. The lowest BCUT2D eigenvalue weighted by Crippen LogP contribution is -2.36. The maximum Gasteiger partial charge on any atom is 0.153 e. The molecule has 1 aromatic heterocycles. The van der Waals surface area contributed by atoms with E-state index in [4.69, 9.17) is 16.4 Å². The van der Waals surface area contributed by atoms with E-state index in [1.807, 2.05) is 18.2 Å². The number of hydrogen-bond acceptors (Lipinski definition) is 2. The summed E-state index contributed by atoms with van der Waals surface area (Å²) in [6.07, 6.45) is 11.2. The first-order valence-electron chi connectivity index (χ1n) is 19.0. The molecule has 2 atom stereocenters. The van der Waals surface area contributed by atoms with Gasteiger partial charge >= 0.3 is 0 Å². The lowest BCUT2D eigenvalue weighted by atomic mass is 9.72. The maximum atomic E-state index is 8.91. The highest BCUT2D eigenvalue weighted by Crippen LogP contribution is 2.62. The molecule has 4 aliphatic rings. The van der Waals surface area contributed by atoms with Crippen molar-refractivity contribution in [2.24, 2.45) is 29.1 Å². The highest BCUT2D eigenvalue weighted by Gasteiger charge is 2.48. The minimum absolute atomic E-state index is 0.0412. The molecule has 0 radical (unpaired) electrons. The number of benzene rings is 4. The van der Waals surface area contributed by atoms with Gasteiger partial charge in [0.2, 0.25) is 0 Å². The van der Waals surface area contributed by atoms with Crippen LogP contribution in [0, 0.1) is 28.1 Å². The molecule has 5 nitrogen and oxygen atoms in total. The van der Waals surface area contributed by atoms with Gasteiger partial charge in [0, 0.05) is 56.3 Å². The fourth-order valence-corrected chi connectivity index (χ4v) is 9.50. The Morgan fingerprint density at radius 1 is 0.868 bits per heavy atom. The fraction of sp³-hybridized carbons (Fsp3) is 0.312. The van der Waals surface area contributed by atoms with Crippen molar-refractivity contribution in [2.45, 2.75) is 78.1 Å². The molecule has 266 valence electrons. The monoisotopic (exact) mass is 695 g/mol. The van der Waals surface area contributed by atoms with Gasteiger partial charge in [-0.3, -0.25) is 5.41 Å². The molecular weight excluding hydrogens is 647 g/mol. The predicted octanol–water partition coefficient (Wildman–Crippen LogP) is 11.4. The number of para-hydroxylation sites is 1. The molecule has 53 heavy (non-hydrogen) atoms. The smallest absolute Gasteiger partial charge is 0.153 e. The predicted molar refractivity (Wildman–Crippen MR) is 222 cm³/mol. The number of nitriles is 1. The SMILES string of the molecule is CC1C=CC(C(=N)N=C(N)C2(C)CC=C(C#N)CC2)=CC1.Cn1c2ccccc2c2c3c(c4c(c21)-c1ccccc1C4(C)C)C(C)(C)c1ccccc1-3. The topological polar surface area (TPSA) is 91.0 Å². The van der Waals surface area contributed by atoms with Gasteiger partial charge in [0.05, 0.1) is 11.6 Å². The summed E-state index contributed by atoms with van der Waals surface area (Å²) >= 11 is 0. The standard InChI is InChI=1S/C31H27N.C17H22N4/c1-30(2)21-15-9-6-12-18(21)24-25-20-14-8-11-17-23(20)32(5)29(25)26-19-13-7-10-16-22(19)31(3,4)28(26)27(24)30;1-12-3-5-14(6-4-12)15(19)21-16(20)17(2)9-7-13(11-18)8-10-17/h6-17H,1-5H3;3,5-7,12H,4,8-10H2,1-2H3,(H3,19,20,21). The second kappa shape index (κ2) is 12.3. The zero-order valence-electron chi connectivity index (χ0n) is 32.1. The molecule has 0 saturated carbocycles. The van der Waals surface area contributed by atoms with Crippen molar-refractivity contribution in [3.63, 3.8) is 0 Å². The Labute approximate surface area is 313 Å². The quantitative estimate of drug-likeness (QED) is 0.142. The summed E-state index contributed by atoms with van der Waals surface area (Å²) in [5.41, 5.74) is 21.8.